The summed E-state index contributed by atoms with van der Waals surface area (Å²) in [5.74, 6) is 3.89. The standard InChI is InChI=1S/C13H17.C6H7.C2H6Si.Zr/c1-3-7-12-10(5-1)9-11-6-2-4-8-13(11)12;1-6-4-2-3-5-6;1-3-2;/h1,3,5,7,9-13H,2,4,6,8H2;2,4H,3H2,1H3;1-2H3;. The third kappa shape index (κ3) is 2.82. The second-order valence-corrected chi connectivity index (χ2v) is 26.0. The van der Waals surface area contributed by atoms with E-state index in [1.807, 2.05) is 3.28 Å². The Labute approximate surface area is 150 Å². The van der Waals surface area contributed by atoms with E-state index < -0.39 is 20.4 Å². The van der Waals surface area contributed by atoms with E-state index in [0.717, 1.165) is 27.3 Å². The molecule has 0 nitrogen and oxygen atoms in total. The number of hydrogen-bond donors (Lipinski definition) is 0. The Morgan fingerprint density at radius 1 is 1.00 bits per heavy atom. The van der Waals surface area contributed by atoms with Crippen LogP contribution in [0.1, 0.15) is 39.0 Å². The van der Waals surface area contributed by atoms with Crippen LogP contribution in [0, 0.1) is 23.7 Å². The first kappa shape index (κ1) is 16.5. The monoisotopic (exact) mass is 400 g/mol. The van der Waals surface area contributed by atoms with Crippen LogP contribution in [0.2, 0.25) is 16.7 Å². The first-order chi connectivity index (χ1) is 11.2. The Kier molecular flexibility index (Phi) is 4.85. The summed E-state index contributed by atoms with van der Waals surface area (Å²) in [6.07, 6.45) is 22.2. The third-order valence-electron chi connectivity index (χ3n) is 6.83. The van der Waals surface area contributed by atoms with Crippen LogP contribution in [0.25, 0.3) is 0 Å². The second-order valence-electron chi connectivity index (χ2n) is 8.24. The molecule has 2 fully saturated rings. The molecular weight excluding hydrogens is 372 g/mol. The Morgan fingerprint density at radius 2 is 1.70 bits per heavy atom. The van der Waals surface area contributed by atoms with E-state index >= 15 is 0 Å². The first-order valence-corrected chi connectivity index (χ1v) is 18.4. The molecular formula is C21H30SiZr. The molecule has 4 aliphatic rings. The van der Waals surface area contributed by atoms with Gasteiger partial charge in [0, 0.05) is 0 Å². The molecule has 0 spiro atoms. The fourth-order valence-electron chi connectivity index (χ4n) is 6.01. The molecule has 0 aliphatic heterocycles. The predicted octanol–water partition coefficient (Wildman–Crippen LogP) is 6.06. The van der Waals surface area contributed by atoms with Gasteiger partial charge in [0.15, 0.2) is 0 Å². The molecule has 4 rings (SSSR count). The maximum absolute atomic E-state index is 2.66. The van der Waals surface area contributed by atoms with Crippen LogP contribution < -0.4 is 0 Å². The van der Waals surface area contributed by atoms with Crippen LogP contribution in [-0.2, 0) is 20.4 Å². The van der Waals surface area contributed by atoms with Crippen molar-refractivity contribution in [3.63, 3.8) is 0 Å². The summed E-state index contributed by atoms with van der Waals surface area (Å²) < 4.78 is 3.12. The molecule has 0 bridgehead atoms. The van der Waals surface area contributed by atoms with E-state index in [1.165, 1.54) is 25.7 Å². The minimum atomic E-state index is -1.53. The molecule has 0 saturated heterocycles. The van der Waals surface area contributed by atoms with Crippen LogP contribution in [0.3, 0.4) is 0 Å². The van der Waals surface area contributed by atoms with Gasteiger partial charge in [-0.3, -0.25) is 0 Å². The van der Waals surface area contributed by atoms with Crippen LogP contribution in [0.5, 0.6) is 0 Å². The van der Waals surface area contributed by atoms with Crippen molar-refractivity contribution in [2.75, 3.05) is 0 Å². The SMILES string of the molecule is CC1=[C]([Zr]([CH]2C3C=CC=CC3C3CCCCC32)=[Si](C)C)CC=C1. The van der Waals surface area contributed by atoms with Gasteiger partial charge in [0.25, 0.3) is 0 Å². The Balaban J connectivity index is 1.79. The molecule has 0 heterocycles. The van der Waals surface area contributed by atoms with Crippen LogP contribution in [-0.4, -0.2) is 5.43 Å². The second kappa shape index (κ2) is 6.75. The zero-order valence-corrected chi connectivity index (χ0v) is 18.3. The van der Waals surface area contributed by atoms with Gasteiger partial charge in [-0.15, -0.1) is 0 Å². The van der Waals surface area contributed by atoms with Gasteiger partial charge in [-0.1, -0.05) is 0 Å². The molecule has 0 amide bonds. The topological polar surface area (TPSA) is 0 Å². The van der Waals surface area contributed by atoms with Crippen molar-refractivity contribution in [1.82, 2.24) is 0 Å². The number of allylic oxidation sites excluding steroid dienone is 8. The molecule has 0 aromatic rings. The average molecular weight is 402 g/mol. The van der Waals surface area contributed by atoms with Gasteiger partial charge >= 0.3 is 151 Å². The molecule has 4 aliphatic carbocycles. The number of hydrogen-bond acceptors (Lipinski definition) is 0. The Hall–Kier alpha value is 0.0600. The van der Waals surface area contributed by atoms with E-state index in [-0.39, 0.29) is 5.43 Å². The normalized spacial score (nSPS) is 38.0. The zero-order valence-electron chi connectivity index (χ0n) is 14.9. The number of rotatable bonds is 2. The van der Waals surface area contributed by atoms with Gasteiger partial charge in [0.2, 0.25) is 0 Å². The molecule has 23 heavy (non-hydrogen) atoms. The van der Waals surface area contributed by atoms with Gasteiger partial charge in [-0.2, -0.15) is 0 Å². The van der Waals surface area contributed by atoms with Crippen molar-refractivity contribution in [3.05, 3.63) is 45.3 Å². The van der Waals surface area contributed by atoms with Gasteiger partial charge in [-0.05, 0) is 0 Å². The van der Waals surface area contributed by atoms with Crippen molar-refractivity contribution in [3.8, 4) is 0 Å². The number of fused-ring (bicyclic) bond motifs is 3. The molecule has 0 N–H and O–H groups in total. The molecule has 0 aromatic carbocycles. The fourth-order valence-corrected chi connectivity index (χ4v) is 27.7. The van der Waals surface area contributed by atoms with Crippen molar-refractivity contribution < 1.29 is 20.4 Å². The summed E-state index contributed by atoms with van der Waals surface area (Å²) in [6, 6.07) is 0. The molecule has 2 heteroatoms. The van der Waals surface area contributed by atoms with Gasteiger partial charge in [0.1, 0.15) is 0 Å². The molecule has 0 radical (unpaired) electrons. The van der Waals surface area contributed by atoms with Gasteiger partial charge in [0.05, 0.1) is 0 Å². The summed E-state index contributed by atoms with van der Waals surface area (Å²) in [5.41, 5.74) is 1.55. The maximum atomic E-state index is 2.66. The molecule has 5 unspecified atom stereocenters. The molecule has 5 atom stereocenters. The summed E-state index contributed by atoms with van der Waals surface area (Å²) in [6.45, 7) is 7.72. The summed E-state index contributed by atoms with van der Waals surface area (Å²) >= 11 is -1.53. The van der Waals surface area contributed by atoms with Crippen molar-refractivity contribution in [2.45, 2.75) is 55.7 Å². The van der Waals surface area contributed by atoms with E-state index in [2.05, 4.69) is 56.5 Å². The summed E-state index contributed by atoms with van der Waals surface area (Å²) in [7, 11) is 0. The van der Waals surface area contributed by atoms with E-state index in [0.29, 0.717) is 0 Å². The summed E-state index contributed by atoms with van der Waals surface area (Å²) in [5, 5.41) is 0. The van der Waals surface area contributed by atoms with E-state index in [4.69, 9.17) is 0 Å². The average Bonchev–Trinajstić information content (AvgIpc) is 3.11. The summed E-state index contributed by atoms with van der Waals surface area (Å²) in [4.78, 5) is 0. The quantitative estimate of drug-likeness (QED) is 0.494. The van der Waals surface area contributed by atoms with Crippen molar-refractivity contribution >= 4 is 5.43 Å². The van der Waals surface area contributed by atoms with Gasteiger partial charge in [-0.25, -0.2) is 0 Å². The van der Waals surface area contributed by atoms with Gasteiger partial charge < -0.3 is 0 Å². The molecule has 2 saturated carbocycles. The zero-order chi connectivity index (χ0) is 16.0. The first-order valence-electron chi connectivity index (χ1n) is 9.57. The Bertz CT molecular complexity index is 645. The predicted molar refractivity (Wildman–Crippen MR) is 98.4 cm³/mol. The van der Waals surface area contributed by atoms with E-state index in [9.17, 15) is 0 Å². The third-order valence-corrected chi connectivity index (χ3v) is 26.3. The van der Waals surface area contributed by atoms with Crippen LogP contribution in [0.4, 0.5) is 0 Å². The van der Waals surface area contributed by atoms with Crippen molar-refractivity contribution in [2.24, 2.45) is 23.7 Å². The van der Waals surface area contributed by atoms with Crippen LogP contribution in [0.15, 0.2) is 45.3 Å². The van der Waals surface area contributed by atoms with E-state index in [1.54, 1.807) is 12.0 Å². The Morgan fingerprint density at radius 3 is 2.35 bits per heavy atom. The van der Waals surface area contributed by atoms with Crippen molar-refractivity contribution in [1.29, 1.82) is 0 Å². The minimum absolute atomic E-state index is 0.130. The fraction of sp³-hybridized carbons (Fsp3) is 0.619. The molecule has 122 valence electrons. The molecule has 0 aromatic heterocycles. The van der Waals surface area contributed by atoms with Crippen LogP contribution >= 0.6 is 0 Å².